The highest BCUT2D eigenvalue weighted by Crippen LogP contribution is 1.98. The molecule has 0 aliphatic carbocycles. The number of amides is 2. The summed E-state index contributed by atoms with van der Waals surface area (Å²) in [5.41, 5.74) is 0. The fourth-order valence-corrected chi connectivity index (χ4v) is 1.32. The highest BCUT2D eigenvalue weighted by molar-refractivity contribution is 5.82. The first-order valence-corrected chi connectivity index (χ1v) is 6.31. The van der Waals surface area contributed by atoms with Crippen molar-refractivity contribution in [2.24, 2.45) is 0 Å². The van der Waals surface area contributed by atoms with Crippen LogP contribution >= 0.6 is 0 Å². The van der Waals surface area contributed by atoms with Crippen molar-refractivity contribution in [3.8, 4) is 0 Å². The Balaban J connectivity index is 4.06. The molecule has 7 heteroatoms. The number of aliphatic carboxylic acids is 1. The summed E-state index contributed by atoms with van der Waals surface area (Å²) in [6.45, 7) is 2.90. The third-order valence-corrected chi connectivity index (χ3v) is 2.88. The molecule has 3 N–H and O–H groups in total. The van der Waals surface area contributed by atoms with Crippen LogP contribution in [0.15, 0.2) is 0 Å². The summed E-state index contributed by atoms with van der Waals surface area (Å²) >= 11 is 0. The predicted molar refractivity (Wildman–Crippen MR) is 72.2 cm³/mol. The number of carboxylic acids is 1. The standard InChI is InChI=1S/C12H25N3O4/c1-9(15(2)3)8-13-12(18)14-10(11(16)17)6-5-7-19-4/h9-10H,5-8H2,1-4H3,(H,16,17)(H2,13,14,18). The van der Waals surface area contributed by atoms with Crippen molar-refractivity contribution in [2.45, 2.75) is 31.8 Å². The third-order valence-electron chi connectivity index (χ3n) is 2.88. The molecule has 0 bridgehead atoms. The molecule has 0 saturated heterocycles. The average molecular weight is 275 g/mol. The number of rotatable bonds is 9. The summed E-state index contributed by atoms with van der Waals surface area (Å²) in [6.07, 6.45) is 0.932. The second kappa shape index (κ2) is 9.57. The lowest BCUT2D eigenvalue weighted by atomic mass is 10.1. The van der Waals surface area contributed by atoms with Crippen LogP contribution in [0.25, 0.3) is 0 Å². The fourth-order valence-electron chi connectivity index (χ4n) is 1.32. The van der Waals surface area contributed by atoms with E-state index in [1.807, 2.05) is 25.9 Å². The predicted octanol–water partition coefficient (Wildman–Crippen LogP) is 0.116. The van der Waals surface area contributed by atoms with Gasteiger partial charge in [-0.1, -0.05) is 0 Å². The number of carbonyl (C=O) groups is 2. The van der Waals surface area contributed by atoms with E-state index in [0.29, 0.717) is 26.0 Å². The van der Waals surface area contributed by atoms with E-state index in [4.69, 9.17) is 9.84 Å². The van der Waals surface area contributed by atoms with Crippen molar-refractivity contribution in [2.75, 3.05) is 34.4 Å². The fraction of sp³-hybridized carbons (Fsp3) is 0.833. The number of hydrogen-bond acceptors (Lipinski definition) is 4. The first-order valence-electron chi connectivity index (χ1n) is 6.31. The third kappa shape index (κ3) is 8.39. The second-order valence-corrected chi connectivity index (χ2v) is 4.69. The Morgan fingerprint density at radius 2 is 2.00 bits per heavy atom. The monoisotopic (exact) mass is 275 g/mol. The molecule has 112 valence electrons. The molecule has 19 heavy (non-hydrogen) atoms. The average Bonchev–Trinajstić information content (AvgIpc) is 2.34. The van der Waals surface area contributed by atoms with Gasteiger partial charge in [-0.15, -0.1) is 0 Å². The second-order valence-electron chi connectivity index (χ2n) is 4.69. The molecule has 0 fully saturated rings. The number of ether oxygens (including phenoxy) is 1. The van der Waals surface area contributed by atoms with Gasteiger partial charge in [-0.2, -0.15) is 0 Å². The highest BCUT2D eigenvalue weighted by Gasteiger charge is 2.19. The summed E-state index contributed by atoms with van der Waals surface area (Å²) in [7, 11) is 5.38. The minimum atomic E-state index is -1.04. The smallest absolute Gasteiger partial charge is 0.326 e. The summed E-state index contributed by atoms with van der Waals surface area (Å²) in [6, 6.07) is -1.16. The van der Waals surface area contributed by atoms with Gasteiger partial charge < -0.3 is 25.4 Å². The molecule has 0 aromatic heterocycles. The topological polar surface area (TPSA) is 90.9 Å². The number of nitrogens with zero attached hydrogens (tertiary/aromatic N) is 1. The Morgan fingerprint density at radius 1 is 1.37 bits per heavy atom. The Labute approximate surface area is 114 Å². The van der Waals surface area contributed by atoms with Crippen LogP contribution in [-0.2, 0) is 9.53 Å². The molecule has 2 atom stereocenters. The summed E-state index contributed by atoms with van der Waals surface area (Å²) in [5, 5.41) is 14.1. The normalized spacial score (nSPS) is 13.9. The van der Waals surface area contributed by atoms with Gasteiger partial charge in [0.1, 0.15) is 6.04 Å². The molecule has 0 aromatic rings. The molecular weight excluding hydrogens is 250 g/mol. The largest absolute Gasteiger partial charge is 0.480 e. The number of hydrogen-bond donors (Lipinski definition) is 3. The maximum absolute atomic E-state index is 11.6. The highest BCUT2D eigenvalue weighted by atomic mass is 16.5. The van der Waals surface area contributed by atoms with Crippen molar-refractivity contribution < 1.29 is 19.4 Å². The Bertz CT molecular complexity index is 284. The zero-order chi connectivity index (χ0) is 14.8. The quantitative estimate of drug-likeness (QED) is 0.520. The zero-order valence-electron chi connectivity index (χ0n) is 12.1. The molecule has 0 aliphatic heterocycles. The number of nitrogens with one attached hydrogen (secondary N) is 2. The number of urea groups is 1. The number of carbonyl (C=O) groups excluding carboxylic acids is 1. The van der Waals surface area contributed by atoms with Crippen LogP contribution < -0.4 is 10.6 Å². The van der Waals surface area contributed by atoms with Crippen molar-refractivity contribution in [3.05, 3.63) is 0 Å². The first-order chi connectivity index (χ1) is 8.88. The molecule has 7 nitrogen and oxygen atoms in total. The van der Waals surface area contributed by atoms with E-state index in [2.05, 4.69) is 10.6 Å². The van der Waals surface area contributed by atoms with E-state index in [-0.39, 0.29) is 6.04 Å². The molecule has 2 unspecified atom stereocenters. The van der Waals surface area contributed by atoms with Gasteiger partial charge in [0.15, 0.2) is 0 Å². The van der Waals surface area contributed by atoms with E-state index in [0.717, 1.165) is 0 Å². The van der Waals surface area contributed by atoms with E-state index >= 15 is 0 Å². The summed E-state index contributed by atoms with van der Waals surface area (Å²) in [5.74, 6) is -1.04. The van der Waals surface area contributed by atoms with Crippen LogP contribution in [0.4, 0.5) is 4.79 Å². The molecule has 0 radical (unpaired) electrons. The van der Waals surface area contributed by atoms with Crippen molar-refractivity contribution >= 4 is 12.0 Å². The molecule has 0 saturated carbocycles. The van der Waals surface area contributed by atoms with Gasteiger partial charge in [0.2, 0.25) is 0 Å². The van der Waals surface area contributed by atoms with E-state index in [1.165, 1.54) is 0 Å². The first kappa shape index (κ1) is 17.7. The molecule has 0 aliphatic rings. The molecule has 0 heterocycles. The van der Waals surface area contributed by atoms with Gasteiger partial charge >= 0.3 is 12.0 Å². The lowest BCUT2D eigenvalue weighted by Crippen LogP contribution is -2.48. The van der Waals surface area contributed by atoms with Crippen LogP contribution in [0.3, 0.4) is 0 Å². The SMILES string of the molecule is COCCCC(NC(=O)NCC(C)N(C)C)C(=O)O. The van der Waals surface area contributed by atoms with Crippen molar-refractivity contribution in [3.63, 3.8) is 0 Å². The van der Waals surface area contributed by atoms with Gasteiger partial charge in [-0.05, 0) is 33.9 Å². The van der Waals surface area contributed by atoms with Gasteiger partial charge in [0.25, 0.3) is 0 Å². The molecule has 2 amide bonds. The van der Waals surface area contributed by atoms with Crippen LogP contribution in [0.5, 0.6) is 0 Å². The van der Waals surface area contributed by atoms with Gasteiger partial charge in [-0.25, -0.2) is 9.59 Å². The lowest BCUT2D eigenvalue weighted by molar-refractivity contribution is -0.139. The van der Waals surface area contributed by atoms with Crippen molar-refractivity contribution in [1.29, 1.82) is 0 Å². The van der Waals surface area contributed by atoms with Crippen LogP contribution in [0.2, 0.25) is 0 Å². The van der Waals surface area contributed by atoms with Gasteiger partial charge in [0, 0.05) is 26.3 Å². The van der Waals surface area contributed by atoms with E-state index < -0.39 is 18.0 Å². The zero-order valence-corrected chi connectivity index (χ0v) is 12.1. The van der Waals surface area contributed by atoms with E-state index in [9.17, 15) is 9.59 Å². The number of likely N-dealkylation sites (N-methyl/N-ethyl adjacent to an activating group) is 1. The molecule has 0 aromatic carbocycles. The van der Waals surface area contributed by atoms with Crippen molar-refractivity contribution in [1.82, 2.24) is 15.5 Å². The van der Waals surface area contributed by atoms with Crippen LogP contribution in [0, 0.1) is 0 Å². The minimum Gasteiger partial charge on any atom is -0.480 e. The lowest BCUT2D eigenvalue weighted by Gasteiger charge is -2.21. The van der Waals surface area contributed by atoms with Gasteiger partial charge in [0.05, 0.1) is 0 Å². The maximum atomic E-state index is 11.6. The Morgan fingerprint density at radius 3 is 2.47 bits per heavy atom. The maximum Gasteiger partial charge on any atom is 0.326 e. The Kier molecular flexibility index (Phi) is 8.90. The van der Waals surface area contributed by atoms with Crippen LogP contribution in [-0.4, -0.2) is 68.4 Å². The minimum absolute atomic E-state index is 0.183. The molecular formula is C12H25N3O4. The molecule has 0 rings (SSSR count). The summed E-state index contributed by atoms with van der Waals surface area (Å²) in [4.78, 5) is 24.5. The number of methoxy groups -OCH3 is 1. The van der Waals surface area contributed by atoms with Crippen LogP contribution in [0.1, 0.15) is 19.8 Å². The Hall–Kier alpha value is -1.34. The summed E-state index contributed by atoms with van der Waals surface area (Å²) < 4.78 is 4.86. The van der Waals surface area contributed by atoms with E-state index in [1.54, 1.807) is 7.11 Å². The molecule has 0 spiro atoms. The number of carboxylic acid groups (broad SMARTS) is 1. The van der Waals surface area contributed by atoms with Gasteiger partial charge in [-0.3, -0.25) is 0 Å².